The number of nitrogens with zero attached hydrogens (tertiary/aromatic N) is 1. The summed E-state index contributed by atoms with van der Waals surface area (Å²) in [6.07, 6.45) is 0.799. The number of thiocarbonyl (C=S) groups is 1. The molecule has 1 unspecified atom stereocenters. The van der Waals surface area contributed by atoms with E-state index in [1.165, 1.54) is 17.0 Å². The number of anilines is 1. The maximum absolute atomic E-state index is 14.3. The molecule has 21 heavy (non-hydrogen) atoms. The second-order valence-corrected chi connectivity index (χ2v) is 6.51. The molecule has 3 rings (SSSR count). The van der Waals surface area contributed by atoms with Gasteiger partial charge in [0, 0.05) is 17.0 Å². The zero-order chi connectivity index (χ0) is 15.1. The van der Waals surface area contributed by atoms with Crippen LogP contribution in [0, 0.1) is 11.6 Å². The van der Waals surface area contributed by atoms with E-state index in [9.17, 15) is 8.78 Å². The van der Waals surface area contributed by atoms with E-state index in [4.69, 9.17) is 18.0 Å². The molecule has 0 aliphatic carbocycles. The summed E-state index contributed by atoms with van der Waals surface area (Å²) in [7, 11) is 0. The molecule has 6 heteroatoms. The van der Waals surface area contributed by atoms with Crippen molar-refractivity contribution in [3.63, 3.8) is 0 Å². The first kappa shape index (κ1) is 14.4. The molecule has 1 atom stereocenters. The van der Waals surface area contributed by atoms with Crippen LogP contribution in [0.25, 0.3) is 0 Å². The zero-order valence-electron chi connectivity index (χ0n) is 11.4. The summed E-state index contributed by atoms with van der Waals surface area (Å²) in [5.41, 5.74) is 6.80. The lowest BCUT2D eigenvalue weighted by molar-refractivity contribution is 0.542. The number of halogens is 2. The van der Waals surface area contributed by atoms with Crippen molar-refractivity contribution in [2.45, 2.75) is 19.4 Å². The van der Waals surface area contributed by atoms with Gasteiger partial charge in [0.05, 0.1) is 6.04 Å². The van der Waals surface area contributed by atoms with Gasteiger partial charge in [-0.25, -0.2) is 8.78 Å². The van der Waals surface area contributed by atoms with Gasteiger partial charge < -0.3 is 10.6 Å². The van der Waals surface area contributed by atoms with Crippen molar-refractivity contribution >= 4 is 34.2 Å². The number of nitrogens with two attached hydrogens (primary N) is 1. The van der Waals surface area contributed by atoms with Gasteiger partial charge in [0.15, 0.2) is 0 Å². The molecule has 1 aliphatic heterocycles. The molecule has 2 nitrogen and oxygen atoms in total. The maximum atomic E-state index is 14.3. The fourth-order valence-electron chi connectivity index (χ4n) is 2.80. The molecule has 1 aromatic heterocycles. The van der Waals surface area contributed by atoms with Crippen molar-refractivity contribution in [3.8, 4) is 0 Å². The van der Waals surface area contributed by atoms with Crippen LogP contribution in [0.3, 0.4) is 0 Å². The SMILES string of the molecule is CC1c2ccsc2CCN1c1c(F)cc(C(N)=S)cc1F. The average molecular weight is 324 g/mol. The van der Waals surface area contributed by atoms with Crippen molar-refractivity contribution in [1.82, 2.24) is 0 Å². The number of thiophene rings is 1. The molecule has 1 aliphatic rings. The van der Waals surface area contributed by atoms with E-state index >= 15 is 0 Å². The highest BCUT2D eigenvalue weighted by atomic mass is 32.1. The molecule has 0 amide bonds. The van der Waals surface area contributed by atoms with Crippen LogP contribution in [0.15, 0.2) is 23.6 Å². The summed E-state index contributed by atoms with van der Waals surface area (Å²) in [4.78, 5) is 3.05. The minimum Gasteiger partial charge on any atom is -0.389 e. The lowest BCUT2D eigenvalue weighted by atomic mass is 10.00. The van der Waals surface area contributed by atoms with Gasteiger partial charge in [0.1, 0.15) is 22.3 Å². The molecule has 0 saturated heterocycles. The molecule has 0 radical (unpaired) electrons. The molecule has 2 N–H and O–H groups in total. The van der Waals surface area contributed by atoms with Gasteiger partial charge in [-0.05, 0) is 42.5 Å². The fourth-order valence-corrected chi connectivity index (χ4v) is 3.88. The number of rotatable bonds is 2. The first-order valence-corrected chi connectivity index (χ1v) is 7.89. The van der Waals surface area contributed by atoms with Crippen molar-refractivity contribution in [3.05, 3.63) is 51.2 Å². The molecule has 0 spiro atoms. The van der Waals surface area contributed by atoms with Gasteiger partial charge in [-0.15, -0.1) is 11.3 Å². The van der Waals surface area contributed by atoms with Gasteiger partial charge in [-0.3, -0.25) is 0 Å². The molecule has 0 bridgehead atoms. The van der Waals surface area contributed by atoms with Crippen LogP contribution in [-0.2, 0) is 6.42 Å². The van der Waals surface area contributed by atoms with Gasteiger partial charge in [0.25, 0.3) is 0 Å². The van der Waals surface area contributed by atoms with Gasteiger partial charge in [-0.1, -0.05) is 12.2 Å². The van der Waals surface area contributed by atoms with E-state index in [1.54, 1.807) is 16.2 Å². The van der Waals surface area contributed by atoms with E-state index in [-0.39, 0.29) is 22.3 Å². The van der Waals surface area contributed by atoms with Gasteiger partial charge >= 0.3 is 0 Å². The average Bonchev–Trinajstić information content (AvgIpc) is 2.89. The van der Waals surface area contributed by atoms with Crippen LogP contribution in [0.1, 0.15) is 29.0 Å². The Kier molecular flexibility index (Phi) is 3.67. The Bertz CT molecular complexity index is 688. The normalized spacial score (nSPS) is 17.7. The van der Waals surface area contributed by atoms with E-state index in [0.717, 1.165) is 12.0 Å². The summed E-state index contributed by atoms with van der Waals surface area (Å²) in [5.74, 6) is -1.24. The second kappa shape index (κ2) is 5.35. The minimum absolute atomic E-state index is 0.000602. The van der Waals surface area contributed by atoms with Gasteiger partial charge in [0.2, 0.25) is 0 Å². The Labute approximate surface area is 131 Å². The Hall–Kier alpha value is -1.53. The first-order chi connectivity index (χ1) is 9.99. The zero-order valence-corrected chi connectivity index (χ0v) is 13.0. The smallest absolute Gasteiger partial charge is 0.150 e. The molecule has 0 fully saturated rings. The third-order valence-corrected chi connectivity index (χ3v) is 5.10. The summed E-state index contributed by atoms with van der Waals surface area (Å²) in [5, 5.41) is 2.02. The number of hydrogen-bond donors (Lipinski definition) is 1. The lowest BCUT2D eigenvalue weighted by Crippen LogP contribution is -2.34. The van der Waals surface area contributed by atoms with Crippen LogP contribution in [0.4, 0.5) is 14.5 Å². The van der Waals surface area contributed by atoms with Crippen LogP contribution < -0.4 is 10.6 Å². The number of fused-ring (bicyclic) bond motifs is 1. The Morgan fingerprint density at radius 1 is 1.38 bits per heavy atom. The predicted octanol–water partition coefficient (Wildman–Crippen LogP) is 3.78. The molecular weight excluding hydrogens is 310 g/mol. The minimum atomic E-state index is -0.622. The molecular formula is C15H14F2N2S2. The Balaban J connectivity index is 2.04. The third-order valence-electron chi connectivity index (χ3n) is 3.87. The molecule has 1 aromatic carbocycles. The van der Waals surface area contributed by atoms with Crippen LogP contribution in [0.2, 0.25) is 0 Å². The highest BCUT2D eigenvalue weighted by Crippen LogP contribution is 2.38. The van der Waals surface area contributed by atoms with E-state index in [2.05, 4.69) is 0 Å². The number of hydrogen-bond acceptors (Lipinski definition) is 3. The topological polar surface area (TPSA) is 29.3 Å². The largest absolute Gasteiger partial charge is 0.389 e. The summed E-state index contributed by atoms with van der Waals surface area (Å²) >= 11 is 6.47. The van der Waals surface area contributed by atoms with Crippen molar-refractivity contribution in [2.24, 2.45) is 5.73 Å². The standard InChI is InChI=1S/C15H14F2N2S2/c1-8-10-3-5-21-13(10)2-4-19(8)14-11(16)6-9(15(18)20)7-12(14)17/h3,5-8H,2,4H2,1H3,(H2,18,20). The molecule has 110 valence electrons. The highest BCUT2D eigenvalue weighted by Gasteiger charge is 2.29. The second-order valence-electron chi connectivity index (χ2n) is 5.07. The van der Waals surface area contributed by atoms with Crippen molar-refractivity contribution < 1.29 is 8.78 Å². The lowest BCUT2D eigenvalue weighted by Gasteiger charge is -2.36. The predicted molar refractivity (Wildman–Crippen MR) is 86.0 cm³/mol. The van der Waals surface area contributed by atoms with Crippen molar-refractivity contribution in [2.75, 3.05) is 11.4 Å². The van der Waals surface area contributed by atoms with Crippen LogP contribution >= 0.6 is 23.6 Å². The molecule has 2 heterocycles. The quantitative estimate of drug-likeness (QED) is 0.852. The monoisotopic (exact) mass is 324 g/mol. The van der Waals surface area contributed by atoms with Crippen LogP contribution in [-0.4, -0.2) is 11.5 Å². The fraction of sp³-hybridized carbons (Fsp3) is 0.267. The van der Waals surface area contributed by atoms with Crippen molar-refractivity contribution in [1.29, 1.82) is 0 Å². The maximum Gasteiger partial charge on any atom is 0.150 e. The van der Waals surface area contributed by atoms with E-state index in [1.807, 2.05) is 18.4 Å². The van der Waals surface area contributed by atoms with Gasteiger partial charge in [-0.2, -0.15) is 0 Å². The van der Waals surface area contributed by atoms with E-state index < -0.39 is 11.6 Å². The highest BCUT2D eigenvalue weighted by molar-refractivity contribution is 7.80. The Morgan fingerprint density at radius 2 is 2.05 bits per heavy atom. The van der Waals surface area contributed by atoms with E-state index in [0.29, 0.717) is 6.54 Å². The van der Waals surface area contributed by atoms with Crippen LogP contribution in [0.5, 0.6) is 0 Å². The summed E-state index contributed by atoms with van der Waals surface area (Å²) in [6.45, 7) is 2.56. The number of benzene rings is 1. The first-order valence-electron chi connectivity index (χ1n) is 6.60. The third kappa shape index (κ3) is 2.42. The molecule has 0 saturated carbocycles. The Morgan fingerprint density at radius 3 is 2.67 bits per heavy atom. The molecule has 2 aromatic rings. The summed E-state index contributed by atoms with van der Waals surface area (Å²) < 4.78 is 28.7. The summed E-state index contributed by atoms with van der Waals surface area (Å²) in [6, 6.07) is 4.38.